The van der Waals surface area contributed by atoms with Gasteiger partial charge in [0.2, 0.25) is 5.82 Å². The molecule has 3 rings (SSSR count). The van der Waals surface area contributed by atoms with Gasteiger partial charge in [0.25, 0.3) is 0 Å². The highest BCUT2D eigenvalue weighted by molar-refractivity contribution is 9.10. The first-order chi connectivity index (χ1) is 9.72. The minimum absolute atomic E-state index is 0.217. The van der Waals surface area contributed by atoms with Crippen molar-refractivity contribution in [2.75, 3.05) is 6.61 Å². The molecule has 1 aliphatic rings. The Bertz CT molecular complexity index is 593. The Hall–Kier alpha value is -1.27. The Morgan fingerprint density at radius 1 is 1.40 bits per heavy atom. The fraction of sp³-hybridized carbons (Fsp3) is 0.500. The molecule has 1 atom stereocenters. The number of hydrogen-bond donors (Lipinski definition) is 0. The van der Waals surface area contributed by atoms with E-state index in [1.807, 2.05) is 25.1 Å². The molecule has 0 aliphatic carbocycles. The highest BCUT2D eigenvalue weighted by Crippen LogP contribution is 2.23. The fourth-order valence-electron chi connectivity index (χ4n) is 2.40. The molecule has 6 heteroatoms. The lowest BCUT2D eigenvalue weighted by Crippen LogP contribution is -2.25. The van der Waals surface area contributed by atoms with Crippen LogP contribution in [0, 0.1) is 6.92 Å². The molecule has 2 heterocycles. The summed E-state index contributed by atoms with van der Waals surface area (Å²) in [5, 5.41) is 12.8. The van der Waals surface area contributed by atoms with E-state index in [1.165, 1.54) is 6.42 Å². The number of rotatable bonds is 3. The van der Waals surface area contributed by atoms with Gasteiger partial charge in [-0.05, 0) is 49.1 Å². The molecule has 1 fully saturated rings. The molecule has 1 saturated heterocycles. The normalized spacial score (nSPS) is 19.2. The van der Waals surface area contributed by atoms with Crippen LogP contribution in [0.25, 0.3) is 11.4 Å². The Labute approximate surface area is 126 Å². The first-order valence-corrected chi connectivity index (χ1v) is 7.67. The summed E-state index contributed by atoms with van der Waals surface area (Å²) in [6.45, 7) is 3.57. The van der Waals surface area contributed by atoms with Gasteiger partial charge in [-0.25, -0.2) is 0 Å². The van der Waals surface area contributed by atoms with Gasteiger partial charge in [-0.3, -0.25) is 0 Å². The van der Waals surface area contributed by atoms with E-state index in [2.05, 4.69) is 31.3 Å². The van der Waals surface area contributed by atoms with Gasteiger partial charge in [0, 0.05) is 16.6 Å². The van der Waals surface area contributed by atoms with Crippen LogP contribution in [0.15, 0.2) is 22.7 Å². The number of aryl methyl sites for hydroxylation is 1. The van der Waals surface area contributed by atoms with E-state index < -0.39 is 0 Å². The summed E-state index contributed by atoms with van der Waals surface area (Å²) in [7, 11) is 0. The lowest BCUT2D eigenvalue weighted by atomic mass is 10.1. The molecular weight excluding hydrogens is 320 g/mol. The van der Waals surface area contributed by atoms with Crippen LogP contribution in [0.4, 0.5) is 0 Å². The van der Waals surface area contributed by atoms with Crippen molar-refractivity contribution >= 4 is 15.9 Å². The van der Waals surface area contributed by atoms with Crippen molar-refractivity contribution in [3.05, 3.63) is 28.2 Å². The topological polar surface area (TPSA) is 52.8 Å². The molecule has 0 saturated carbocycles. The number of tetrazole rings is 1. The highest BCUT2D eigenvalue weighted by atomic mass is 79.9. The maximum Gasteiger partial charge on any atom is 0.205 e. The second kappa shape index (κ2) is 6.01. The Kier molecular flexibility index (Phi) is 4.12. The van der Waals surface area contributed by atoms with E-state index in [-0.39, 0.29) is 6.10 Å². The molecule has 0 amide bonds. The molecule has 1 aromatic carbocycles. The summed E-state index contributed by atoms with van der Waals surface area (Å²) in [4.78, 5) is 1.64. The minimum Gasteiger partial charge on any atom is -0.376 e. The molecule has 1 aromatic heterocycles. The number of halogens is 1. The number of benzene rings is 1. The lowest BCUT2D eigenvalue weighted by molar-refractivity contribution is 0.00133. The van der Waals surface area contributed by atoms with Gasteiger partial charge in [-0.1, -0.05) is 22.0 Å². The van der Waals surface area contributed by atoms with Crippen LogP contribution in [-0.4, -0.2) is 32.9 Å². The zero-order valence-corrected chi connectivity index (χ0v) is 13.0. The molecule has 20 heavy (non-hydrogen) atoms. The SMILES string of the molecule is Cc1ccc(Br)cc1-c1nnn(CC2CCCCO2)n1. The average molecular weight is 337 g/mol. The van der Waals surface area contributed by atoms with E-state index >= 15 is 0 Å². The highest BCUT2D eigenvalue weighted by Gasteiger charge is 2.17. The first kappa shape index (κ1) is 13.7. The molecule has 2 aromatic rings. The molecule has 5 nitrogen and oxygen atoms in total. The zero-order valence-electron chi connectivity index (χ0n) is 11.4. The van der Waals surface area contributed by atoms with Crippen molar-refractivity contribution in [1.82, 2.24) is 20.2 Å². The lowest BCUT2D eigenvalue weighted by Gasteiger charge is -2.21. The van der Waals surface area contributed by atoms with Gasteiger partial charge in [0.05, 0.1) is 12.6 Å². The van der Waals surface area contributed by atoms with Crippen LogP contribution in [0.5, 0.6) is 0 Å². The van der Waals surface area contributed by atoms with E-state index in [9.17, 15) is 0 Å². The first-order valence-electron chi connectivity index (χ1n) is 6.88. The van der Waals surface area contributed by atoms with Crippen molar-refractivity contribution < 1.29 is 4.74 Å². The number of ether oxygens (including phenoxy) is 1. The van der Waals surface area contributed by atoms with Gasteiger partial charge in [0.1, 0.15) is 0 Å². The molecule has 0 N–H and O–H groups in total. The van der Waals surface area contributed by atoms with Gasteiger partial charge in [-0.2, -0.15) is 4.80 Å². The largest absolute Gasteiger partial charge is 0.376 e. The zero-order chi connectivity index (χ0) is 13.9. The van der Waals surface area contributed by atoms with Crippen LogP contribution in [0.3, 0.4) is 0 Å². The van der Waals surface area contributed by atoms with E-state index in [0.717, 1.165) is 35.0 Å². The molecule has 0 spiro atoms. The van der Waals surface area contributed by atoms with Crippen molar-refractivity contribution in [3.8, 4) is 11.4 Å². The second-order valence-electron chi connectivity index (χ2n) is 5.12. The summed E-state index contributed by atoms with van der Waals surface area (Å²) < 4.78 is 6.72. The number of nitrogens with zero attached hydrogens (tertiary/aromatic N) is 4. The van der Waals surface area contributed by atoms with Crippen LogP contribution in [0.1, 0.15) is 24.8 Å². The smallest absolute Gasteiger partial charge is 0.205 e. The Balaban J connectivity index is 1.77. The Morgan fingerprint density at radius 3 is 3.10 bits per heavy atom. The monoisotopic (exact) mass is 336 g/mol. The third-order valence-electron chi connectivity index (χ3n) is 3.53. The fourth-order valence-corrected chi connectivity index (χ4v) is 2.76. The second-order valence-corrected chi connectivity index (χ2v) is 6.03. The quantitative estimate of drug-likeness (QED) is 0.864. The maximum atomic E-state index is 5.70. The van der Waals surface area contributed by atoms with E-state index in [0.29, 0.717) is 12.4 Å². The third-order valence-corrected chi connectivity index (χ3v) is 4.03. The Morgan fingerprint density at radius 2 is 2.30 bits per heavy atom. The molecule has 1 aliphatic heterocycles. The summed E-state index contributed by atoms with van der Waals surface area (Å²) >= 11 is 3.48. The molecular formula is C14H17BrN4O. The van der Waals surface area contributed by atoms with Crippen LogP contribution in [-0.2, 0) is 11.3 Å². The number of aromatic nitrogens is 4. The van der Waals surface area contributed by atoms with E-state index in [4.69, 9.17) is 4.74 Å². The molecule has 1 unspecified atom stereocenters. The maximum absolute atomic E-state index is 5.70. The van der Waals surface area contributed by atoms with Gasteiger partial charge < -0.3 is 4.74 Å². The molecule has 0 bridgehead atoms. The van der Waals surface area contributed by atoms with Crippen LogP contribution >= 0.6 is 15.9 Å². The van der Waals surface area contributed by atoms with Gasteiger partial charge in [-0.15, -0.1) is 10.2 Å². The van der Waals surface area contributed by atoms with Crippen molar-refractivity contribution in [2.45, 2.75) is 38.8 Å². The summed E-state index contributed by atoms with van der Waals surface area (Å²) in [6.07, 6.45) is 3.67. The van der Waals surface area contributed by atoms with Crippen molar-refractivity contribution in [3.63, 3.8) is 0 Å². The average Bonchev–Trinajstić information content (AvgIpc) is 2.91. The molecule has 106 valence electrons. The standard InChI is InChI=1S/C14H17BrN4O/c1-10-5-6-11(15)8-13(10)14-16-18-19(17-14)9-12-4-2-3-7-20-12/h5-6,8,12H,2-4,7,9H2,1H3. The summed E-state index contributed by atoms with van der Waals surface area (Å²) in [6, 6.07) is 6.08. The summed E-state index contributed by atoms with van der Waals surface area (Å²) in [5.41, 5.74) is 2.15. The van der Waals surface area contributed by atoms with Crippen molar-refractivity contribution in [2.24, 2.45) is 0 Å². The van der Waals surface area contributed by atoms with Gasteiger partial charge >= 0.3 is 0 Å². The third kappa shape index (κ3) is 3.07. The van der Waals surface area contributed by atoms with Crippen LogP contribution in [0.2, 0.25) is 0 Å². The molecule has 0 radical (unpaired) electrons. The van der Waals surface area contributed by atoms with Crippen molar-refractivity contribution in [1.29, 1.82) is 0 Å². The number of hydrogen-bond acceptors (Lipinski definition) is 4. The predicted octanol–water partition coefficient (Wildman–Crippen LogP) is 2.98. The summed E-state index contributed by atoms with van der Waals surface area (Å²) in [5.74, 6) is 0.666. The van der Waals surface area contributed by atoms with Gasteiger partial charge in [0.15, 0.2) is 0 Å². The predicted molar refractivity (Wildman–Crippen MR) is 79.3 cm³/mol. The van der Waals surface area contributed by atoms with E-state index in [1.54, 1.807) is 4.80 Å². The minimum atomic E-state index is 0.217. The van der Waals surface area contributed by atoms with Crippen LogP contribution < -0.4 is 0 Å².